The van der Waals surface area contributed by atoms with Crippen LogP contribution in [0.1, 0.15) is 95.8 Å². The van der Waals surface area contributed by atoms with E-state index in [1.165, 1.54) is 4.90 Å². The number of hydrogen-bond donors (Lipinski definition) is 1. The first-order chi connectivity index (χ1) is 22.7. The van der Waals surface area contributed by atoms with Crippen LogP contribution >= 0.6 is 0 Å². The van der Waals surface area contributed by atoms with Crippen molar-refractivity contribution >= 4 is 11.8 Å². The fraction of sp³-hybridized carbons (Fsp3) is 0.262. The molecule has 0 radical (unpaired) electrons. The van der Waals surface area contributed by atoms with Gasteiger partial charge in [0.1, 0.15) is 11.6 Å². The third kappa shape index (κ3) is 5.29. The van der Waals surface area contributed by atoms with Gasteiger partial charge in [-0.1, -0.05) is 122 Å². The number of rotatable bonds is 9. The Balaban J connectivity index is 1.25. The Bertz CT molecular complexity index is 1810. The second-order valence-electron chi connectivity index (χ2n) is 13.5. The number of aliphatic hydroxyl groups excluding tert-OH is 1. The van der Waals surface area contributed by atoms with E-state index in [9.17, 15) is 14.7 Å². The van der Waals surface area contributed by atoms with Crippen LogP contribution in [0.2, 0.25) is 0 Å². The van der Waals surface area contributed by atoms with E-state index in [4.69, 9.17) is 0 Å². The maximum Gasteiger partial charge on any atom is 0.237 e. The highest BCUT2D eigenvalue weighted by Crippen LogP contribution is 2.52. The lowest BCUT2D eigenvalue weighted by molar-refractivity contribution is -0.146. The van der Waals surface area contributed by atoms with Crippen molar-refractivity contribution in [3.63, 3.8) is 0 Å². The second-order valence-corrected chi connectivity index (χ2v) is 13.5. The zero-order chi connectivity index (χ0) is 32.8. The first kappa shape index (κ1) is 30.8. The van der Waals surface area contributed by atoms with Gasteiger partial charge in [-0.2, -0.15) is 0 Å². The van der Waals surface area contributed by atoms with E-state index in [0.717, 1.165) is 57.6 Å². The number of hydrogen-bond acceptors (Lipinski definition) is 4. The maximum atomic E-state index is 15.0. The molecule has 7 rings (SSSR count). The Kier molecular flexibility index (Phi) is 7.89. The minimum atomic E-state index is -1.15. The Morgan fingerprint density at radius 1 is 0.745 bits per heavy atom. The van der Waals surface area contributed by atoms with Crippen LogP contribution in [-0.2, 0) is 15.1 Å². The molecule has 1 aromatic heterocycles. The summed E-state index contributed by atoms with van der Waals surface area (Å²) < 4.78 is 0. The molecule has 1 saturated heterocycles. The van der Waals surface area contributed by atoms with Crippen LogP contribution < -0.4 is 0 Å². The van der Waals surface area contributed by atoms with E-state index in [1.54, 1.807) is 0 Å². The fourth-order valence-electron chi connectivity index (χ4n) is 7.44. The first-order valence-electron chi connectivity index (χ1n) is 16.5. The SMILES string of the molecule is Cc1cc(C(O)c2ccc([C@@H](C)[C@]3(C)CC(=O)N(C(c4ccccc4)(c4ccccc4)c4ccccc4)C3=O)cc2)cc(C2CC2)n1. The van der Waals surface area contributed by atoms with Crippen LogP contribution in [0.5, 0.6) is 0 Å². The van der Waals surface area contributed by atoms with Crippen LogP contribution in [0.25, 0.3) is 0 Å². The molecule has 5 heteroatoms. The third-order valence-electron chi connectivity index (χ3n) is 10.4. The van der Waals surface area contributed by atoms with Crippen LogP contribution in [0.4, 0.5) is 0 Å². The van der Waals surface area contributed by atoms with Gasteiger partial charge in [0, 0.05) is 23.7 Å². The minimum absolute atomic E-state index is 0.0891. The summed E-state index contributed by atoms with van der Waals surface area (Å²) in [5, 5.41) is 11.3. The summed E-state index contributed by atoms with van der Waals surface area (Å²) in [6.45, 7) is 5.92. The van der Waals surface area contributed by atoms with E-state index in [0.29, 0.717) is 5.92 Å². The molecule has 5 nitrogen and oxygen atoms in total. The molecule has 2 aliphatic rings. The van der Waals surface area contributed by atoms with E-state index in [-0.39, 0.29) is 24.2 Å². The number of imide groups is 1. The molecule has 47 heavy (non-hydrogen) atoms. The highest BCUT2D eigenvalue weighted by atomic mass is 16.3. The Morgan fingerprint density at radius 2 is 1.23 bits per heavy atom. The minimum Gasteiger partial charge on any atom is -0.384 e. The monoisotopic (exact) mass is 620 g/mol. The summed E-state index contributed by atoms with van der Waals surface area (Å²) in [6, 6.07) is 41.4. The number of nitrogens with zero attached hydrogens (tertiary/aromatic N) is 2. The zero-order valence-electron chi connectivity index (χ0n) is 27.1. The average Bonchev–Trinajstić information content (AvgIpc) is 3.93. The van der Waals surface area contributed by atoms with Crippen molar-refractivity contribution in [2.24, 2.45) is 5.41 Å². The number of carbonyl (C=O) groups excluding carboxylic acids is 2. The number of aliphatic hydroxyl groups is 1. The molecule has 4 aromatic carbocycles. The summed E-state index contributed by atoms with van der Waals surface area (Å²) in [5.74, 6) is -0.164. The Labute approximate surface area is 276 Å². The maximum absolute atomic E-state index is 15.0. The van der Waals surface area contributed by atoms with Gasteiger partial charge in [-0.05, 0) is 78.1 Å². The standard InChI is InChI=1S/C42H40N2O3/c1-28-25-33(26-37(43-28)31-21-22-31)39(46)32-23-19-30(20-24-32)29(2)41(3)27-38(45)44(40(41)47)42(34-13-7-4-8-14-34,35-15-9-5-10-16-35)36-17-11-6-12-18-36/h4-20,23-26,29,31,39,46H,21-22,27H2,1-3H3/t29-,39?,41+/m1/s1. The van der Waals surface area contributed by atoms with Crippen molar-refractivity contribution in [2.75, 3.05) is 0 Å². The van der Waals surface area contributed by atoms with Crippen molar-refractivity contribution in [1.29, 1.82) is 0 Å². The summed E-state index contributed by atoms with van der Waals surface area (Å²) in [6.07, 6.45) is 1.62. The van der Waals surface area contributed by atoms with Gasteiger partial charge in [0.05, 0.1) is 5.41 Å². The van der Waals surface area contributed by atoms with Crippen LogP contribution in [0.3, 0.4) is 0 Å². The normalized spacial score (nSPS) is 19.5. The quantitative estimate of drug-likeness (QED) is 0.133. The van der Waals surface area contributed by atoms with Gasteiger partial charge in [-0.15, -0.1) is 0 Å². The summed E-state index contributed by atoms with van der Waals surface area (Å²) in [4.78, 5) is 35.6. The molecule has 1 N–H and O–H groups in total. The van der Waals surface area contributed by atoms with Crippen molar-refractivity contribution in [3.05, 3.63) is 172 Å². The number of benzene rings is 4. The van der Waals surface area contributed by atoms with E-state index in [1.807, 2.05) is 148 Å². The number of aromatic nitrogens is 1. The highest BCUT2D eigenvalue weighted by molar-refractivity contribution is 6.08. The molecule has 1 aliphatic heterocycles. The highest BCUT2D eigenvalue weighted by Gasteiger charge is 2.59. The lowest BCUT2D eigenvalue weighted by Crippen LogP contribution is -2.52. The third-order valence-corrected chi connectivity index (χ3v) is 10.4. The van der Waals surface area contributed by atoms with Gasteiger partial charge in [0.15, 0.2) is 0 Å². The molecule has 2 fully saturated rings. The average molecular weight is 621 g/mol. The summed E-state index contributed by atoms with van der Waals surface area (Å²) in [5.41, 5.74) is 4.97. The lowest BCUT2D eigenvalue weighted by Gasteiger charge is -2.43. The molecular weight excluding hydrogens is 580 g/mol. The predicted molar refractivity (Wildman–Crippen MR) is 184 cm³/mol. The van der Waals surface area contributed by atoms with Gasteiger partial charge < -0.3 is 5.11 Å². The van der Waals surface area contributed by atoms with Gasteiger partial charge >= 0.3 is 0 Å². The summed E-state index contributed by atoms with van der Waals surface area (Å²) >= 11 is 0. The lowest BCUT2D eigenvalue weighted by atomic mass is 9.72. The van der Waals surface area contributed by atoms with Gasteiger partial charge in [0.2, 0.25) is 11.8 Å². The van der Waals surface area contributed by atoms with Crippen LogP contribution in [0, 0.1) is 12.3 Å². The Hall–Kier alpha value is -4.87. The number of likely N-dealkylation sites (tertiary alicyclic amines) is 1. The topological polar surface area (TPSA) is 70.5 Å². The van der Waals surface area contributed by atoms with Crippen molar-refractivity contribution in [2.45, 2.75) is 63.5 Å². The largest absolute Gasteiger partial charge is 0.384 e. The number of pyridine rings is 1. The first-order valence-corrected chi connectivity index (χ1v) is 16.5. The van der Waals surface area contributed by atoms with E-state index >= 15 is 0 Å². The molecular formula is C42H40N2O3. The molecule has 0 spiro atoms. The molecule has 1 unspecified atom stereocenters. The molecule has 1 aliphatic carbocycles. The van der Waals surface area contributed by atoms with Gasteiger partial charge in [0.25, 0.3) is 0 Å². The van der Waals surface area contributed by atoms with Crippen molar-refractivity contribution in [3.8, 4) is 0 Å². The fourth-order valence-corrected chi connectivity index (χ4v) is 7.44. The van der Waals surface area contributed by atoms with Crippen molar-refractivity contribution < 1.29 is 14.7 Å². The van der Waals surface area contributed by atoms with Crippen molar-refractivity contribution in [1.82, 2.24) is 9.88 Å². The van der Waals surface area contributed by atoms with Gasteiger partial charge in [-0.3, -0.25) is 19.5 Å². The molecule has 5 aromatic rings. The molecule has 0 bridgehead atoms. The molecule has 236 valence electrons. The van der Waals surface area contributed by atoms with Crippen LogP contribution in [0.15, 0.2) is 127 Å². The molecule has 2 amide bonds. The molecule has 2 heterocycles. The predicted octanol–water partition coefficient (Wildman–Crippen LogP) is 8.21. The van der Waals surface area contributed by atoms with E-state index in [2.05, 4.69) is 4.98 Å². The number of carbonyl (C=O) groups is 2. The molecule has 1 saturated carbocycles. The van der Waals surface area contributed by atoms with Crippen LogP contribution in [-0.4, -0.2) is 26.8 Å². The summed E-state index contributed by atoms with van der Waals surface area (Å²) in [7, 11) is 0. The van der Waals surface area contributed by atoms with Gasteiger partial charge in [-0.25, -0.2) is 0 Å². The zero-order valence-corrected chi connectivity index (χ0v) is 27.1. The van der Waals surface area contributed by atoms with E-state index < -0.39 is 17.1 Å². The molecule has 3 atom stereocenters. The Morgan fingerprint density at radius 3 is 1.72 bits per heavy atom. The number of amides is 2. The number of aryl methyl sites for hydroxylation is 1. The second kappa shape index (κ2) is 12.1. The smallest absolute Gasteiger partial charge is 0.237 e.